The maximum Gasteiger partial charge on any atom is 0.271 e. The minimum Gasteiger partial charge on any atom is -0.361 e. The summed E-state index contributed by atoms with van der Waals surface area (Å²) in [4.78, 5) is 5.36. The van der Waals surface area contributed by atoms with Gasteiger partial charge < -0.3 is 9.88 Å². The zero-order valence-electron chi connectivity index (χ0n) is 16.4. The van der Waals surface area contributed by atoms with Crippen LogP contribution in [0.3, 0.4) is 0 Å². The third kappa shape index (κ3) is 3.88. The van der Waals surface area contributed by atoms with Crippen molar-refractivity contribution in [2.24, 2.45) is 0 Å². The highest BCUT2D eigenvalue weighted by atomic mass is 35.5. The van der Waals surface area contributed by atoms with Crippen molar-refractivity contribution in [1.29, 1.82) is 0 Å². The van der Waals surface area contributed by atoms with Gasteiger partial charge >= 0.3 is 0 Å². The lowest BCUT2D eigenvalue weighted by molar-refractivity contribution is 0.414. The fourth-order valence-corrected chi connectivity index (χ4v) is 6.49. The summed E-state index contributed by atoms with van der Waals surface area (Å²) >= 11 is 7.36. The van der Waals surface area contributed by atoms with Crippen LogP contribution in [0.1, 0.15) is 11.1 Å². The molecule has 0 atom stereocenters. The average molecular weight is 448 g/mol. The standard InChI is InChI=1S/C21H22ClN3O2S2/c1-13-16-11-15(22)7-8-19(16)28-21(13)29(26,27)24-18-6-4-5-17-20(18)14(12-23-17)9-10-25(2)3/h4-8,11-12,23-24H,9-10H2,1-3H3. The van der Waals surface area contributed by atoms with Crippen molar-refractivity contribution in [1.82, 2.24) is 9.88 Å². The molecule has 0 saturated carbocycles. The first kappa shape index (κ1) is 20.2. The molecule has 0 aliphatic carbocycles. The maximum absolute atomic E-state index is 13.3. The molecule has 29 heavy (non-hydrogen) atoms. The van der Waals surface area contributed by atoms with Crippen LogP contribution < -0.4 is 4.72 Å². The molecule has 0 radical (unpaired) electrons. The van der Waals surface area contributed by atoms with Crippen molar-refractivity contribution < 1.29 is 8.42 Å². The van der Waals surface area contributed by atoms with Crippen LogP contribution in [0.4, 0.5) is 5.69 Å². The van der Waals surface area contributed by atoms with E-state index in [0.717, 1.165) is 39.5 Å². The quantitative estimate of drug-likeness (QED) is 0.424. The number of thiophene rings is 1. The van der Waals surface area contributed by atoms with Crippen LogP contribution in [-0.2, 0) is 16.4 Å². The molecule has 0 fully saturated rings. The van der Waals surface area contributed by atoms with E-state index in [0.29, 0.717) is 20.5 Å². The first-order valence-electron chi connectivity index (χ1n) is 9.21. The van der Waals surface area contributed by atoms with E-state index < -0.39 is 10.0 Å². The molecule has 2 aromatic carbocycles. The Morgan fingerprint density at radius 3 is 2.76 bits per heavy atom. The number of aryl methyl sites for hydroxylation is 1. The SMILES string of the molecule is Cc1c(S(=O)(=O)Nc2cccc3[nH]cc(CCN(C)C)c23)sc2ccc(Cl)cc12. The molecule has 2 heterocycles. The first-order valence-corrected chi connectivity index (χ1v) is 11.9. The van der Waals surface area contributed by atoms with Crippen molar-refractivity contribution in [3.8, 4) is 0 Å². The van der Waals surface area contributed by atoms with Crippen LogP contribution in [0, 0.1) is 6.92 Å². The van der Waals surface area contributed by atoms with Crippen molar-refractivity contribution in [2.75, 3.05) is 25.4 Å². The molecule has 2 N–H and O–H groups in total. The highest BCUT2D eigenvalue weighted by Crippen LogP contribution is 2.37. The molecule has 4 rings (SSSR count). The molecule has 0 aliphatic heterocycles. The normalized spacial score (nSPS) is 12.3. The topological polar surface area (TPSA) is 65.2 Å². The Morgan fingerprint density at radius 1 is 1.21 bits per heavy atom. The summed E-state index contributed by atoms with van der Waals surface area (Å²) in [6.07, 6.45) is 2.78. The fourth-order valence-electron chi connectivity index (χ4n) is 3.50. The average Bonchev–Trinajstić information content (AvgIpc) is 3.22. The molecular formula is C21H22ClN3O2S2. The lowest BCUT2D eigenvalue weighted by Crippen LogP contribution is -2.15. The molecule has 8 heteroatoms. The number of H-pyrrole nitrogens is 1. The summed E-state index contributed by atoms with van der Waals surface area (Å²) in [5, 5.41) is 2.38. The van der Waals surface area contributed by atoms with E-state index in [-0.39, 0.29) is 0 Å². The van der Waals surface area contributed by atoms with E-state index in [1.54, 1.807) is 6.07 Å². The summed E-state index contributed by atoms with van der Waals surface area (Å²) in [5.41, 5.74) is 3.31. The summed E-state index contributed by atoms with van der Waals surface area (Å²) in [7, 11) is 0.311. The molecule has 0 spiro atoms. The van der Waals surface area contributed by atoms with E-state index in [1.807, 2.05) is 57.5 Å². The van der Waals surface area contributed by atoms with Crippen molar-refractivity contribution >= 4 is 59.6 Å². The lowest BCUT2D eigenvalue weighted by atomic mass is 10.1. The number of fused-ring (bicyclic) bond motifs is 2. The Balaban J connectivity index is 1.76. The zero-order valence-corrected chi connectivity index (χ0v) is 18.8. The second kappa shape index (κ2) is 7.65. The number of likely N-dealkylation sites (N-methyl/N-ethyl adjacent to an activating group) is 1. The third-order valence-electron chi connectivity index (χ3n) is 4.96. The van der Waals surface area contributed by atoms with Gasteiger partial charge in [-0.2, -0.15) is 0 Å². The Bertz CT molecular complexity index is 1310. The van der Waals surface area contributed by atoms with Gasteiger partial charge in [-0.3, -0.25) is 4.72 Å². The number of hydrogen-bond donors (Lipinski definition) is 2. The molecule has 0 unspecified atom stereocenters. The van der Waals surface area contributed by atoms with E-state index >= 15 is 0 Å². The van der Waals surface area contributed by atoms with Crippen molar-refractivity contribution in [3.63, 3.8) is 0 Å². The number of nitrogens with one attached hydrogen (secondary N) is 2. The molecule has 0 amide bonds. The van der Waals surface area contributed by atoms with Gasteiger partial charge in [0.2, 0.25) is 0 Å². The molecule has 5 nitrogen and oxygen atoms in total. The Labute approximate surface area is 179 Å². The van der Waals surface area contributed by atoms with Gasteiger partial charge in [-0.25, -0.2) is 8.42 Å². The van der Waals surface area contributed by atoms with Crippen LogP contribution in [0.5, 0.6) is 0 Å². The van der Waals surface area contributed by atoms with E-state index in [1.165, 1.54) is 11.3 Å². The number of anilines is 1. The predicted molar refractivity (Wildman–Crippen MR) is 123 cm³/mol. The maximum atomic E-state index is 13.3. The van der Waals surface area contributed by atoms with E-state index in [9.17, 15) is 8.42 Å². The van der Waals surface area contributed by atoms with Gasteiger partial charge in [0.15, 0.2) is 0 Å². The van der Waals surface area contributed by atoms with E-state index in [2.05, 4.69) is 14.6 Å². The number of nitrogens with zero attached hydrogens (tertiary/aromatic N) is 1. The second-order valence-corrected chi connectivity index (χ2v) is 10.7. The Kier molecular flexibility index (Phi) is 5.33. The zero-order chi connectivity index (χ0) is 20.8. The van der Waals surface area contributed by atoms with Gasteiger partial charge in [-0.05, 0) is 74.3 Å². The molecule has 0 saturated heterocycles. The molecule has 152 valence electrons. The summed E-state index contributed by atoms with van der Waals surface area (Å²) < 4.78 is 30.6. The summed E-state index contributed by atoms with van der Waals surface area (Å²) in [5.74, 6) is 0. The van der Waals surface area contributed by atoms with Gasteiger partial charge in [0.05, 0.1) is 5.69 Å². The second-order valence-electron chi connectivity index (χ2n) is 7.36. The van der Waals surface area contributed by atoms with Crippen LogP contribution in [0.15, 0.2) is 46.8 Å². The Hall–Kier alpha value is -2.06. The van der Waals surface area contributed by atoms with Crippen LogP contribution in [0.2, 0.25) is 5.02 Å². The molecule has 0 aliphatic rings. The fraction of sp³-hybridized carbons (Fsp3) is 0.238. The number of rotatable bonds is 6. The highest BCUT2D eigenvalue weighted by Gasteiger charge is 2.23. The van der Waals surface area contributed by atoms with Gasteiger partial charge in [0.1, 0.15) is 4.21 Å². The molecule has 4 aromatic rings. The summed E-state index contributed by atoms with van der Waals surface area (Å²) in [6.45, 7) is 2.70. The molecule has 2 aromatic heterocycles. The predicted octanol–water partition coefficient (Wildman–Crippen LogP) is 5.25. The van der Waals surface area contributed by atoms with Gasteiger partial charge in [0.25, 0.3) is 10.0 Å². The number of hydrogen-bond acceptors (Lipinski definition) is 4. The largest absolute Gasteiger partial charge is 0.361 e. The van der Waals surface area contributed by atoms with Crippen LogP contribution in [0.25, 0.3) is 21.0 Å². The number of aromatic amines is 1. The Morgan fingerprint density at radius 2 is 2.00 bits per heavy atom. The third-order valence-corrected chi connectivity index (χ3v) is 8.45. The van der Waals surface area contributed by atoms with Crippen LogP contribution >= 0.6 is 22.9 Å². The minimum absolute atomic E-state index is 0.317. The van der Waals surface area contributed by atoms with E-state index in [4.69, 9.17) is 11.6 Å². The van der Waals surface area contributed by atoms with Crippen molar-refractivity contribution in [2.45, 2.75) is 17.6 Å². The highest BCUT2D eigenvalue weighted by molar-refractivity contribution is 7.95. The van der Waals surface area contributed by atoms with Crippen molar-refractivity contribution in [3.05, 3.63) is 58.7 Å². The first-order chi connectivity index (χ1) is 13.8. The minimum atomic E-state index is -3.73. The summed E-state index contributed by atoms with van der Waals surface area (Å²) in [6, 6.07) is 11.1. The van der Waals surface area contributed by atoms with Crippen LogP contribution in [-0.4, -0.2) is 38.9 Å². The monoisotopic (exact) mass is 447 g/mol. The molecular weight excluding hydrogens is 426 g/mol. The van der Waals surface area contributed by atoms with Gasteiger partial charge in [0, 0.05) is 33.4 Å². The van der Waals surface area contributed by atoms with Gasteiger partial charge in [-0.1, -0.05) is 17.7 Å². The lowest BCUT2D eigenvalue weighted by Gasteiger charge is -2.12. The molecule has 0 bridgehead atoms. The number of benzene rings is 2. The number of sulfonamides is 1. The smallest absolute Gasteiger partial charge is 0.271 e. The number of halogens is 1. The van der Waals surface area contributed by atoms with Gasteiger partial charge in [-0.15, -0.1) is 11.3 Å². The number of aromatic nitrogens is 1.